The summed E-state index contributed by atoms with van der Waals surface area (Å²) in [5.74, 6) is -1.10. The molecule has 3 rings (SSSR count). The number of amides is 3. The lowest BCUT2D eigenvalue weighted by atomic mass is 10.1. The highest BCUT2D eigenvalue weighted by Crippen LogP contribution is 2.16. The van der Waals surface area contributed by atoms with Crippen molar-refractivity contribution in [2.75, 3.05) is 27.2 Å². The van der Waals surface area contributed by atoms with Gasteiger partial charge in [0.25, 0.3) is 5.91 Å². The summed E-state index contributed by atoms with van der Waals surface area (Å²) in [5, 5.41) is 7.40. The van der Waals surface area contributed by atoms with Crippen LogP contribution in [0.2, 0.25) is 0 Å². The van der Waals surface area contributed by atoms with Crippen molar-refractivity contribution in [1.82, 2.24) is 15.5 Å². The predicted molar refractivity (Wildman–Crippen MR) is 145 cm³/mol. The highest BCUT2D eigenvalue weighted by atomic mass is 32.1. The van der Waals surface area contributed by atoms with Gasteiger partial charge in [0.2, 0.25) is 11.8 Å². The normalized spacial score (nSPS) is 12.4. The quantitative estimate of drug-likeness (QED) is 0.319. The molecule has 0 aliphatic carbocycles. The number of ether oxygens (including phenoxy) is 1. The van der Waals surface area contributed by atoms with Crippen LogP contribution in [0.1, 0.15) is 26.4 Å². The molecule has 9 heteroatoms. The van der Waals surface area contributed by atoms with E-state index in [0.717, 1.165) is 16.0 Å². The van der Waals surface area contributed by atoms with E-state index in [-0.39, 0.29) is 19.1 Å². The van der Waals surface area contributed by atoms with Crippen LogP contribution in [0.5, 0.6) is 0 Å². The average Bonchev–Trinajstić information content (AvgIpc) is 3.44. The monoisotopic (exact) mass is 522 g/mol. The third-order valence-electron chi connectivity index (χ3n) is 5.96. The van der Waals surface area contributed by atoms with Crippen LogP contribution in [0.15, 0.2) is 72.1 Å². The molecule has 0 radical (unpaired) electrons. The van der Waals surface area contributed by atoms with Crippen LogP contribution in [-0.4, -0.2) is 62.0 Å². The van der Waals surface area contributed by atoms with E-state index in [9.17, 15) is 14.4 Å². The summed E-state index contributed by atoms with van der Waals surface area (Å²) >= 11 is 1.52. The van der Waals surface area contributed by atoms with Crippen LogP contribution in [-0.2, 0) is 33.8 Å². The molecule has 0 aliphatic heterocycles. The first kappa shape index (κ1) is 28.0. The van der Waals surface area contributed by atoms with Gasteiger partial charge in [-0.2, -0.15) is 0 Å². The van der Waals surface area contributed by atoms with Crippen LogP contribution >= 0.6 is 11.3 Å². The van der Waals surface area contributed by atoms with Crippen molar-refractivity contribution in [2.24, 2.45) is 5.73 Å². The number of nitrogens with two attached hydrogens (primary N) is 1. The number of carbonyl (C=O) groups is 3. The van der Waals surface area contributed by atoms with Crippen LogP contribution in [0, 0.1) is 0 Å². The molecule has 2 atom stereocenters. The standard InChI is InChI=1S/C28H34N4O4S/c1-30-27(34)25(17-23-12-7-15-37-23)32(2)28(35)24(19-36-18-21-8-4-3-5-9-21)31-26(33)22-11-6-10-20(16-22)13-14-29/h3-12,15-16,24-25H,13-14,17-19,29H2,1-2H3,(H,30,34)(H,31,33). The minimum absolute atomic E-state index is 0.0498. The molecule has 4 N–H and O–H groups in total. The van der Waals surface area contributed by atoms with Gasteiger partial charge in [0.05, 0.1) is 13.2 Å². The lowest BCUT2D eigenvalue weighted by molar-refractivity contribution is -0.141. The third kappa shape index (κ3) is 8.24. The minimum Gasteiger partial charge on any atom is -0.374 e. The molecule has 1 heterocycles. The SMILES string of the molecule is CNC(=O)C(Cc1cccs1)N(C)C(=O)C(COCc1ccccc1)NC(=O)c1cccc(CCN)c1. The Kier molecular flexibility index (Phi) is 10.8. The zero-order valence-electron chi connectivity index (χ0n) is 21.2. The van der Waals surface area contributed by atoms with Gasteiger partial charge in [0.15, 0.2) is 0 Å². The van der Waals surface area contributed by atoms with Gasteiger partial charge in [-0.3, -0.25) is 14.4 Å². The molecule has 0 saturated heterocycles. The summed E-state index contributed by atoms with van der Waals surface area (Å²) in [6.07, 6.45) is 1.01. The summed E-state index contributed by atoms with van der Waals surface area (Å²) in [7, 11) is 3.12. The second kappa shape index (κ2) is 14.3. The molecule has 2 aromatic carbocycles. The van der Waals surface area contributed by atoms with Gasteiger partial charge in [-0.1, -0.05) is 48.5 Å². The maximum absolute atomic E-state index is 13.7. The van der Waals surface area contributed by atoms with Crippen molar-refractivity contribution in [2.45, 2.75) is 31.5 Å². The molecular weight excluding hydrogens is 488 g/mol. The summed E-state index contributed by atoms with van der Waals surface area (Å²) in [6.45, 7) is 0.700. The van der Waals surface area contributed by atoms with E-state index in [1.54, 1.807) is 32.3 Å². The molecule has 3 aromatic rings. The maximum atomic E-state index is 13.7. The van der Waals surface area contributed by atoms with Gasteiger partial charge in [0, 0.05) is 31.0 Å². The van der Waals surface area contributed by atoms with E-state index >= 15 is 0 Å². The van der Waals surface area contributed by atoms with E-state index in [0.29, 0.717) is 24.9 Å². The van der Waals surface area contributed by atoms with Gasteiger partial charge in [0.1, 0.15) is 12.1 Å². The zero-order chi connectivity index (χ0) is 26.6. The van der Waals surface area contributed by atoms with Crippen molar-refractivity contribution in [3.63, 3.8) is 0 Å². The second-order valence-electron chi connectivity index (χ2n) is 8.63. The highest BCUT2D eigenvalue weighted by molar-refractivity contribution is 7.09. The smallest absolute Gasteiger partial charge is 0.252 e. The Labute approximate surface area is 221 Å². The van der Waals surface area contributed by atoms with Gasteiger partial charge in [-0.15, -0.1) is 11.3 Å². The number of hydrogen-bond donors (Lipinski definition) is 3. The van der Waals surface area contributed by atoms with E-state index in [1.807, 2.05) is 53.9 Å². The van der Waals surface area contributed by atoms with Crippen molar-refractivity contribution in [3.8, 4) is 0 Å². The Balaban J connectivity index is 1.79. The van der Waals surface area contributed by atoms with Crippen LogP contribution in [0.25, 0.3) is 0 Å². The first-order valence-electron chi connectivity index (χ1n) is 12.1. The molecule has 1 aromatic heterocycles. The van der Waals surface area contributed by atoms with Gasteiger partial charge in [-0.25, -0.2) is 0 Å². The molecule has 0 bridgehead atoms. The minimum atomic E-state index is -0.991. The van der Waals surface area contributed by atoms with Crippen molar-refractivity contribution in [1.29, 1.82) is 0 Å². The molecule has 0 saturated carbocycles. The number of nitrogens with zero attached hydrogens (tertiary/aromatic N) is 1. The molecule has 3 amide bonds. The Morgan fingerprint density at radius 1 is 1.03 bits per heavy atom. The first-order chi connectivity index (χ1) is 17.9. The van der Waals surface area contributed by atoms with Crippen LogP contribution in [0.3, 0.4) is 0 Å². The summed E-state index contributed by atoms with van der Waals surface area (Å²) in [5.41, 5.74) is 7.97. The van der Waals surface area contributed by atoms with E-state index < -0.39 is 23.9 Å². The number of nitrogens with one attached hydrogen (secondary N) is 2. The molecule has 8 nitrogen and oxygen atoms in total. The maximum Gasteiger partial charge on any atom is 0.252 e. The van der Waals surface area contributed by atoms with E-state index in [1.165, 1.54) is 16.2 Å². The molecule has 2 unspecified atom stereocenters. The molecule has 0 aliphatic rings. The fraction of sp³-hybridized carbons (Fsp3) is 0.321. The van der Waals surface area contributed by atoms with Crippen molar-refractivity contribution >= 4 is 29.1 Å². The molecule has 0 fully saturated rings. The van der Waals surface area contributed by atoms with Gasteiger partial charge in [-0.05, 0) is 47.7 Å². The molecular formula is C28H34N4O4S. The van der Waals surface area contributed by atoms with Crippen LogP contribution < -0.4 is 16.4 Å². The fourth-order valence-corrected chi connectivity index (χ4v) is 4.65. The van der Waals surface area contributed by atoms with E-state index in [2.05, 4.69) is 10.6 Å². The van der Waals surface area contributed by atoms with Crippen molar-refractivity contribution in [3.05, 3.63) is 93.7 Å². The number of rotatable bonds is 13. The fourth-order valence-electron chi connectivity index (χ4n) is 3.91. The summed E-state index contributed by atoms with van der Waals surface area (Å²) in [6, 6.07) is 18.8. The van der Waals surface area contributed by atoms with Crippen LogP contribution in [0.4, 0.5) is 0 Å². The predicted octanol–water partition coefficient (Wildman–Crippen LogP) is 2.38. The average molecular weight is 523 g/mol. The number of thiophene rings is 1. The van der Waals surface area contributed by atoms with Crippen molar-refractivity contribution < 1.29 is 19.1 Å². The molecule has 37 heavy (non-hydrogen) atoms. The number of hydrogen-bond acceptors (Lipinski definition) is 6. The van der Waals surface area contributed by atoms with E-state index in [4.69, 9.17) is 10.5 Å². The highest BCUT2D eigenvalue weighted by Gasteiger charge is 2.32. The van der Waals surface area contributed by atoms with Gasteiger partial charge < -0.3 is 26.0 Å². The Morgan fingerprint density at radius 3 is 2.46 bits per heavy atom. The number of likely N-dealkylation sites (N-methyl/N-ethyl adjacent to an activating group) is 2. The lowest BCUT2D eigenvalue weighted by Gasteiger charge is -2.30. The number of benzene rings is 2. The summed E-state index contributed by atoms with van der Waals surface area (Å²) in [4.78, 5) is 41.9. The summed E-state index contributed by atoms with van der Waals surface area (Å²) < 4.78 is 5.85. The Morgan fingerprint density at radius 2 is 1.78 bits per heavy atom. The molecule has 0 spiro atoms. The zero-order valence-corrected chi connectivity index (χ0v) is 22.0. The Hall–Kier alpha value is -3.53. The topological polar surface area (TPSA) is 114 Å². The first-order valence-corrected chi connectivity index (χ1v) is 13.0. The number of carbonyl (C=O) groups excluding carboxylic acids is 3. The largest absolute Gasteiger partial charge is 0.374 e. The second-order valence-corrected chi connectivity index (χ2v) is 9.66. The lowest BCUT2D eigenvalue weighted by Crippen LogP contribution is -2.56. The van der Waals surface area contributed by atoms with Gasteiger partial charge >= 0.3 is 0 Å². The Bertz CT molecular complexity index is 1150. The third-order valence-corrected chi connectivity index (χ3v) is 6.86. The molecule has 196 valence electrons.